The first-order valence-electron chi connectivity index (χ1n) is 8.85. The van der Waals surface area contributed by atoms with E-state index in [1.807, 2.05) is 34.9 Å². The first kappa shape index (κ1) is 19.0. The SMILES string of the molecule is CO/N=C1\CCn2c(C(=O)[AsH]c3ccc(C#N)cc3C(=O)O)cc3cccc1c32. The molecule has 0 bridgehead atoms. The number of para-hydroxylation sites is 1. The number of nitriles is 1. The summed E-state index contributed by atoms with van der Waals surface area (Å²) in [6, 6.07) is 14.1. The molecule has 0 radical (unpaired) electrons. The number of carboxylic acids is 1. The number of carbonyl (C=O) groups is 2. The Labute approximate surface area is 172 Å². The van der Waals surface area contributed by atoms with Crippen LogP contribution in [0.2, 0.25) is 0 Å². The topological polar surface area (TPSA) is 105 Å². The fourth-order valence-corrected chi connectivity index (χ4v) is 5.85. The fourth-order valence-electron chi connectivity index (χ4n) is 3.62. The minimum absolute atomic E-state index is 0.0300. The molecule has 4 rings (SSSR count). The first-order chi connectivity index (χ1) is 14.0. The average molecular weight is 449 g/mol. The van der Waals surface area contributed by atoms with Crippen LogP contribution in [0.3, 0.4) is 0 Å². The zero-order chi connectivity index (χ0) is 20.5. The number of hydrogen-bond acceptors (Lipinski definition) is 5. The molecule has 1 unspecified atom stereocenters. The van der Waals surface area contributed by atoms with Gasteiger partial charge in [0.25, 0.3) is 0 Å². The van der Waals surface area contributed by atoms with Crippen molar-refractivity contribution < 1.29 is 19.5 Å². The number of aromatic carboxylic acids is 1. The van der Waals surface area contributed by atoms with Gasteiger partial charge >= 0.3 is 173 Å². The molecule has 0 spiro atoms. The van der Waals surface area contributed by atoms with E-state index in [1.165, 1.54) is 13.2 Å². The van der Waals surface area contributed by atoms with E-state index in [9.17, 15) is 14.7 Å². The molecule has 2 heterocycles. The van der Waals surface area contributed by atoms with E-state index in [4.69, 9.17) is 10.1 Å². The standard InChI is InChI=1S/C21H16AsN3O4/c1-29-24-17-7-8-25-18(10-13-3-2-4-14(17)19(13)25)20(26)22-16-6-5-12(11-23)9-15(16)21(27)28/h2-6,9-10,22H,7-8H2,1H3,(H,27,28)/b24-17+. The summed E-state index contributed by atoms with van der Waals surface area (Å²) in [6.07, 6.45) is 0.645. The summed E-state index contributed by atoms with van der Waals surface area (Å²) in [7, 11) is 1.51. The van der Waals surface area contributed by atoms with E-state index in [2.05, 4.69) is 5.16 Å². The molecule has 0 aliphatic carbocycles. The maximum absolute atomic E-state index is 13.2. The number of nitrogens with zero attached hydrogens (tertiary/aromatic N) is 3. The molecule has 1 aliphatic heterocycles. The molecule has 7 nitrogen and oxygen atoms in total. The van der Waals surface area contributed by atoms with E-state index in [-0.39, 0.29) is 15.7 Å². The van der Waals surface area contributed by atoms with Crippen molar-refractivity contribution in [1.82, 2.24) is 4.57 Å². The van der Waals surface area contributed by atoms with Gasteiger partial charge in [-0.05, 0) is 0 Å². The van der Waals surface area contributed by atoms with Gasteiger partial charge in [-0.1, -0.05) is 0 Å². The molecule has 1 aromatic heterocycles. The second kappa shape index (κ2) is 7.57. The third-order valence-electron chi connectivity index (χ3n) is 4.86. The van der Waals surface area contributed by atoms with E-state index in [0.29, 0.717) is 23.0 Å². The zero-order valence-electron chi connectivity index (χ0n) is 15.5. The molecule has 1 atom stereocenters. The van der Waals surface area contributed by atoms with Crippen LogP contribution in [-0.4, -0.2) is 48.8 Å². The Hall–Kier alpha value is -3.36. The van der Waals surface area contributed by atoms with Gasteiger partial charge in [-0.2, -0.15) is 0 Å². The van der Waals surface area contributed by atoms with Crippen LogP contribution >= 0.6 is 0 Å². The quantitative estimate of drug-likeness (QED) is 0.473. The third-order valence-corrected chi connectivity index (χ3v) is 7.36. The summed E-state index contributed by atoms with van der Waals surface area (Å²) in [4.78, 5) is 29.7. The predicted molar refractivity (Wildman–Crippen MR) is 109 cm³/mol. The summed E-state index contributed by atoms with van der Waals surface area (Å²) in [5.41, 5.74) is 3.62. The monoisotopic (exact) mass is 449 g/mol. The molecule has 1 aliphatic rings. The molecule has 8 heteroatoms. The molecule has 3 aromatic rings. The average Bonchev–Trinajstić information content (AvgIpc) is 3.10. The van der Waals surface area contributed by atoms with E-state index < -0.39 is 21.7 Å². The Bertz CT molecular complexity index is 1240. The Morgan fingerprint density at radius 1 is 1.28 bits per heavy atom. The zero-order valence-corrected chi connectivity index (χ0v) is 17.6. The number of oxime groups is 1. The minimum atomic E-state index is -1.42. The van der Waals surface area contributed by atoms with Gasteiger partial charge < -0.3 is 0 Å². The second-order valence-electron chi connectivity index (χ2n) is 6.53. The van der Waals surface area contributed by atoms with Gasteiger partial charge in [0, 0.05) is 0 Å². The molecule has 0 saturated heterocycles. The number of carbonyl (C=O) groups excluding carboxylic acids is 1. The summed E-state index contributed by atoms with van der Waals surface area (Å²) in [6.45, 7) is 0.606. The summed E-state index contributed by atoms with van der Waals surface area (Å²) >= 11 is -1.42. The normalized spacial score (nSPS) is 14.4. The van der Waals surface area contributed by atoms with Crippen LogP contribution in [0.5, 0.6) is 0 Å². The van der Waals surface area contributed by atoms with Crippen molar-refractivity contribution in [2.24, 2.45) is 5.16 Å². The van der Waals surface area contributed by atoms with Crippen molar-refractivity contribution in [2.75, 3.05) is 7.11 Å². The number of hydrogen-bond donors (Lipinski definition) is 1. The van der Waals surface area contributed by atoms with Crippen molar-refractivity contribution in [2.45, 2.75) is 13.0 Å². The van der Waals surface area contributed by atoms with Crippen molar-refractivity contribution in [3.05, 3.63) is 64.8 Å². The van der Waals surface area contributed by atoms with Gasteiger partial charge in [-0.25, -0.2) is 0 Å². The van der Waals surface area contributed by atoms with Crippen LogP contribution in [0.25, 0.3) is 10.9 Å². The summed E-state index contributed by atoms with van der Waals surface area (Å²) < 4.78 is 2.46. The van der Waals surface area contributed by atoms with Crippen molar-refractivity contribution >= 4 is 47.3 Å². The van der Waals surface area contributed by atoms with Crippen molar-refractivity contribution in [1.29, 1.82) is 5.26 Å². The molecular formula is C21H16AsN3O4. The van der Waals surface area contributed by atoms with Gasteiger partial charge in [0.1, 0.15) is 0 Å². The van der Waals surface area contributed by atoms with Gasteiger partial charge in [-0.15, -0.1) is 0 Å². The van der Waals surface area contributed by atoms with E-state index >= 15 is 0 Å². The molecule has 0 amide bonds. The Morgan fingerprint density at radius 2 is 2.10 bits per heavy atom. The summed E-state index contributed by atoms with van der Waals surface area (Å²) in [5, 5.41) is 23.5. The van der Waals surface area contributed by atoms with Crippen LogP contribution in [0, 0.1) is 11.3 Å². The first-order valence-corrected chi connectivity index (χ1v) is 10.9. The van der Waals surface area contributed by atoms with Crippen LogP contribution in [-0.2, 0) is 11.4 Å². The second-order valence-corrected chi connectivity index (χ2v) is 9.13. The van der Waals surface area contributed by atoms with Gasteiger partial charge in [0.05, 0.1) is 0 Å². The van der Waals surface area contributed by atoms with Gasteiger partial charge in [-0.3, -0.25) is 0 Å². The van der Waals surface area contributed by atoms with Crippen LogP contribution in [0.15, 0.2) is 47.6 Å². The van der Waals surface area contributed by atoms with Crippen LogP contribution < -0.4 is 4.35 Å². The number of benzene rings is 2. The fraction of sp³-hybridized carbons (Fsp3) is 0.143. The van der Waals surface area contributed by atoms with Crippen molar-refractivity contribution in [3.8, 4) is 6.07 Å². The van der Waals surface area contributed by atoms with Crippen LogP contribution in [0.4, 0.5) is 0 Å². The number of carboxylic acid groups (broad SMARTS) is 1. The molecule has 144 valence electrons. The molecule has 0 fully saturated rings. The molecule has 0 saturated carbocycles. The number of aryl methyl sites for hydroxylation is 1. The van der Waals surface area contributed by atoms with Crippen molar-refractivity contribution in [3.63, 3.8) is 0 Å². The van der Waals surface area contributed by atoms with E-state index in [0.717, 1.165) is 22.2 Å². The number of rotatable bonds is 5. The molecule has 2 aromatic carbocycles. The number of aromatic nitrogens is 1. The van der Waals surface area contributed by atoms with Gasteiger partial charge in [0.15, 0.2) is 0 Å². The van der Waals surface area contributed by atoms with Crippen LogP contribution in [0.1, 0.15) is 38.4 Å². The molecule has 29 heavy (non-hydrogen) atoms. The predicted octanol–water partition coefficient (Wildman–Crippen LogP) is 1.87. The van der Waals surface area contributed by atoms with Gasteiger partial charge in [0.2, 0.25) is 0 Å². The molecule has 1 N–H and O–H groups in total. The van der Waals surface area contributed by atoms with E-state index in [1.54, 1.807) is 12.1 Å². The Kier molecular flexibility index (Phi) is 4.96. The third kappa shape index (κ3) is 3.32. The summed E-state index contributed by atoms with van der Waals surface area (Å²) in [5.74, 6) is -1.13. The Morgan fingerprint density at radius 3 is 2.83 bits per heavy atom. The Balaban J connectivity index is 1.76. The maximum atomic E-state index is 13.2. The molecular weight excluding hydrogens is 433 g/mol.